The normalized spacial score (nSPS) is 12.3. The number of carbonyl (C=O) groups excluding carboxylic acids is 1. The molecule has 11 heteroatoms. The molecule has 0 fully saturated rings. The molecule has 2 N–H and O–H groups in total. The van der Waals surface area contributed by atoms with E-state index in [1.165, 1.54) is 41.3 Å². The van der Waals surface area contributed by atoms with Crippen molar-refractivity contribution in [1.82, 2.24) is 15.0 Å². The average molecular weight is 480 g/mol. The van der Waals surface area contributed by atoms with E-state index in [2.05, 4.69) is 21.5 Å². The van der Waals surface area contributed by atoms with Crippen LogP contribution < -0.4 is 4.74 Å². The second-order valence-electron chi connectivity index (χ2n) is 6.78. The maximum Gasteiger partial charge on any atom is 0.419 e. The van der Waals surface area contributed by atoms with Gasteiger partial charge in [0.05, 0.1) is 13.2 Å². The summed E-state index contributed by atoms with van der Waals surface area (Å²) >= 11 is 5.86. The second kappa shape index (κ2) is 10.5. The minimum atomic E-state index is -3.51. The number of amides is 1. The molecule has 0 spiro atoms. The third-order valence-corrected chi connectivity index (χ3v) is 4.82. The molecule has 0 aliphatic heterocycles. The van der Waals surface area contributed by atoms with Crippen LogP contribution in [0.5, 0.6) is 5.75 Å². The zero-order valence-electron chi connectivity index (χ0n) is 17.2. The molecule has 2 aromatic carbocycles. The smallest absolute Gasteiger partial charge is 0.419 e. The van der Waals surface area contributed by atoms with Gasteiger partial charge in [0, 0.05) is 28.8 Å². The Labute approximate surface area is 192 Å². The highest BCUT2D eigenvalue weighted by Crippen LogP contribution is 2.27. The van der Waals surface area contributed by atoms with Crippen LogP contribution in [-0.4, -0.2) is 57.0 Å². The number of ether oxygens (including phenoxy) is 1. The number of benzene rings is 2. The molecule has 8 nitrogen and oxygen atoms in total. The van der Waals surface area contributed by atoms with Gasteiger partial charge in [-0.25, -0.2) is 0 Å². The van der Waals surface area contributed by atoms with Crippen LogP contribution in [0.25, 0.3) is 11.4 Å². The number of hydrogen-bond acceptors (Lipinski definition) is 7. The van der Waals surface area contributed by atoms with Crippen LogP contribution in [0.2, 0.25) is 5.02 Å². The summed E-state index contributed by atoms with van der Waals surface area (Å²) in [4.78, 5) is 18.4. The minimum absolute atomic E-state index is 0.0678. The number of alkyl halides is 2. The van der Waals surface area contributed by atoms with Gasteiger partial charge in [-0.1, -0.05) is 23.3 Å². The van der Waals surface area contributed by atoms with Gasteiger partial charge in [0.1, 0.15) is 11.8 Å². The Morgan fingerprint density at radius 1 is 1.21 bits per heavy atom. The lowest BCUT2D eigenvalue weighted by atomic mass is 10.1. The van der Waals surface area contributed by atoms with Crippen molar-refractivity contribution in [3.63, 3.8) is 0 Å². The van der Waals surface area contributed by atoms with Gasteiger partial charge in [-0.15, -0.1) is 0 Å². The summed E-state index contributed by atoms with van der Waals surface area (Å²) in [6, 6.07) is 10.6. The van der Waals surface area contributed by atoms with Gasteiger partial charge in [-0.2, -0.15) is 13.8 Å². The molecule has 0 aliphatic rings. The summed E-state index contributed by atoms with van der Waals surface area (Å²) < 4.78 is 36.3. The quantitative estimate of drug-likeness (QED) is 0.426. The van der Waals surface area contributed by atoms with Crippen molar-refractivity contribution >= 4 is 17.5 Å². The predicted octanol–water partition coefficient (Wildman–Crippen LogP) is 3.72. The molecule has 3 aromatic rings. The van der Waals surface area contributed by atoms with E-state index in [4.69, 9.17) is 16.1 Å². The Kier molecular flexibility index (Phi) is 7.75. The van der Waals surface area contributed by atoms with E-state index in [-0.39, 0.29) is 36.2 Å². The summed E-state index contributed by atoms with van der Waals surface area (Å²) in [5, 5.41) is 23.7. The first kappa shape index (κ1) is 24.3. The number of aliphatic hydroxyl groups is 2. The van der Waals surface area contributed by atoms with Crippen molar-refractivity contribution < 1.29 is 33.0 Å². The van der Waals surface area contributed by atoms with Crippen LogP contribution in [0.15, 0.2) is 65.7 Å². The number of hydrogen-bond donors (Lipinski definition) is 2. The molecule has 1 heterocycles. The summed E-state index contributed by atoms with van der Waals surface area (Å²) in [6.07, 6.45) is -3.13. The molecule has 0 bridgehead atoms. The van der Waals surface area contributed by atoms with Crippen molar-refractivity contribution in [2.24, 2.45) is 0 Å². The van der Waals surface area contributed by atoms with E-state index < -0.39 is 24.7 Å². The number of aliphatic hydroxyl groups excluding tert-OH is 2. The topological polar surface area (TPSA) is 109 Å². The van der Waals surface area contributed by atoms with E-state index in [1.807, 2.05) is 0 Å². The van der Waals surface area contributed by atoms with Gasteiger partial charge in [-0.3, -0.25) is 4.79 Å². The molecule has 3 rings (SSSR count). The van der Waals surface area contributed by atoms with Crippen molar-refractivity contribution in [3.8, 4) is 17.1 Å². The molecule has 174 valence electrons. The van der Waals surface area contributed by atoms with E-state index >= 15 is 0 Å². The molecule has 1 aromatic heterocycles. The number of carbonyl (C=O) groups is 1. The first-order valence-electron chi connectivity index (χ1n) is 9.70. The molecule has 33 heavy (non-hydrogen) atoms. The van der Waals surface area contributed by atoms with E-state index in [1.54, 1.807) is 12.1 Å². The minimum Gasteiger partial charge on any atom is -0.429 e. The lowest BCUT2D eigenvalue weighted by molar-refractivity contribution is -0.131. The zero-order chi connectivity index (χ0) is 24.0. The fourth-order valence-electron chi connectivity index (χ4n) is 2.93. The lowest BCUT2D eigenvalue weighted by Gasteiger charge is -2.27. The Hall–Kier alpha value is -3.34. The second-order valence-corrected chi connectivity index (χ2v) is 7.21. The Morgan fingerprint density at radius 2 is 1.88 bits per heavy atom. The summed E-state index contributed by atoms with van der Waals surface area (Å²) in [6.45, 7) is 1.98. The van der Waals surface area contributed by atoms with Crippen LogP contribution in [0.3, 0.4) is 0 Å². The fraction of sp³-hybridized carbons (Fsp3) is 0.227. The molecule has 0 aliphatic carbocycles. The zero-order valence-corrected chi connectivity index (χ0v) is 18.0. The maximum absolute atomic E-state index is 13.3. The highest BCUT2D eigenvalue weighted by molar-refractivity contribution is 6.30. The van der Waals surface area contributed by atoms with Crippen molar-refractivity contribution in [2.75, 3.05) is 19.8 Å². The number of aromatic nitrogens is 2. The third kappa shape index (κ3) is 5.92. The van der Waals surface area contributed by atoms with Gasteiger partial charge in [0.15, 0.2) is 0 Å². The van der Waals surface area contributed by atoms with Crippen molar-refractivity contribution in [2.45, 2.75) is 12.2 Å². The number of halogens is 3. The van der Waals surface area contributed by atoms with Crippen LogP contribution in [0, 0.1) is 0 Å². The van der Waals surface area contributed by atoms with Gasteiger partial charge in [-0.05, 0) is 48.5 Å². The summed E-state index contributed by atoms with van der Waals surface area (Å²) in [5.41, 5.74) is 0.714. The van der Waals surface area contributed by atoms with E-state index in [0.29, 0.717) is 16.7 Å². The molecule has 0 radical (unpaired) electrons. The Bertz CT molecular complexity index is 1090. The van der Waals surface area contributed by atoms with E-state index in [9.17, 15) is 23.8 Å². The average Bonchev–Trinajstić information content (AvgIpc) is 3.29. The molecule has 1 atom stereocenters. The van der Waals surface area contributed by atoms with Crippen molar-refractivity contribution in [1.29, 1.82) is 0 Å². The van der Waals surface area contributed by atoms with Crippen LogP contribution in [0.4, 0.5) is 8.78 Å². The first-order chi connectivity index (χ1) is 15.8. The highest BCUT2D eigenvalue weighted by Gasteiger charge is 2.30. The van der Waals surface area contributed by atoms with E-state index in [0.717, 1.165) is 0 Å². The SMILES string of the molecule is C=CC(F)(F)Oc1ccc(-c2noc([C@H](CO)N(CCO)C(=O)c3ccc(Cl)cc3)n2)cc1. The standard InChI is InChI=1S/C22H20ClF2N3O5/c1-2-22(24,25)32-17-9-5-14(6-10-17)19-26-20(33-27-19)18(13-30)28(11-12-29)21(31)15-3-7-16(23)8-4-15/h2-10,18,29-30H,1,11-13H2/t18-/m0/s1. The Balaban J connectivity index is 1.83. The first-order valence-corrected chi connectivity index (χ1v) is 10.1. The fourth-order valence-corrected chi connectivity index (χ4v) is 3.06. The molecule has 0 saturated heterocycles. The van der Waals surface area contributed by atoms with Gasteiger partial charge in [0.25, 0.3) is 11.8 Å². The van der Waals surface area contributed by atoms with Gasteiger partial charge in [0.2, 0.25) is 5.82 Å². The largest absolute Gasteiger partial charge is 0.429 e. The molecule has 1 amide bonds. The summed E-state index contributed by atoms with van der Waals surface area (Å²) in [5.74, 6) is -0.539. The Morgan fingerprint density at radius 3 is 2.45 bits per heavy atom. The molecule has 0 saturated carbocycles. The van der Waals surface area contributed by atoms with Gasteiger partial charge >= 0.3 is 6.11 Å². The van der Waals surface area contributed by atoms with Crippen LogP contribution in [-0.2, 0) is 0 Å². The maximum atomic E-state index is 13.3. The van der Waals surface area contributed by atoms with Crippen LogP contribution >= 0.6 is 11.6 Å². The highest BCUT2D eigenvalue weighted by atomic mass is 35.5. The van der Waals surface area contributed by atoms with Crippen LogP contribution in [0.1, 0.15) is 22.3 Å². The molecular weight excluding hydrogens is 460 g/mol. The third-order valence-electron chi connectivity index (χ3n) is 4.57. The molecular formula is C22H20ClF2N3O5. The molecule has 0 unspecified atom stereocenters. The number of rotatable bonds is 10. The lowest BCUT2D eigenvalue weighted by Crippen LogP contribution is -2.39. The monoisotopic (exact) mass is 479 g/mol. The summed E-state index contributed by atoms with van der Waals surface area (Å²) in [7, 11) is 0. The van der Waals surface area contributed by atoms with Crippen molar-refractivity contribution in [3.05, 3.63) is 77.7 Å². The number of nitrogens with zero attached hydrogens (tertiary/aromatic N) is 3. The predicted molar refractivity (Wildman–Crippen MR) is 115 cm³/mol. The van der Waals surface area contributed by atoms with Gasteiger partial charge < -0.3 is 24.4 Å².